The van der Waals surface area contributed by atoms with Gasteiger partial charge in [-0.3, -0.25) is 4.79 Å². The van der Waals surface area contributed by atoms with E-state index in [4.69, 9.17) is 4.74 Å². The maximum atomic E-state index is 11.3. The zero-order valence-electron chi connectivity index (χ0n) is 11.4. The zero-order valence-corrected chi connectivity index (χ0v) is 13.0. The van der Waals surface area contributed by atoms with Gasteiger partial charge in [-0.15, -0.1) is 0 Å². The van der Waals surface area contributed by atoms with Crippen LogP contribution in [0.1, 0.15) is 11.1 Å². The molecule has 2 aromatic rings. The van der Waals surface area contributed by atoms with Gasteiger partial charge in [0.05, 0.1) is 5.33 Å². The van der Waals surface area contributed by atoms with Crippen LogP contribution in [0.3, 0.4) is 0 Å². The smallest absolute Gasteiger partial charge is 0.235 e. The predicted octanol–water partition coefficient (Wildman–Crippen LogP) is 4.43. The zero-order chi connectivity index (χ0) is 14.5. The molecule has 1 amide bonds. The Balaban J connectivity index is 2.10. The molecule has 2 rings (SSSR count). The van der Waals surface area contributed by atoms with Crippen molar-refractivity contribution < 1.29 is 9.53 Å². The summed E-state index contributed by atoms with van der Waals surface area (Å²) in [4.78, 5) is 11.3. The summed E-state index contributed by atoms with van der Waals surface area (Å²) in [6.07, 6.45) is 0. The quantitative estimate of drug-likeness (QED) is 0.840. The van der Waals surface area contributed by atoms with Gasteiger partial charge in [0.1, 0.15) is 11.5 Å². The van der Waals surface area contributed by atoms with E-state index in [0.29, 0.717) is 0 Å². The summed E-state index contributed by atoms with van der Waals surface area (Å²) in [5.41, 5.74) is 3.00. The van der Waals surface area contributed by atoms with E-state index in [2.05, 4.69) is 27.3 Å². The molecule has 0 radical (unpaired) electrons. The van der Waals surface area contributed by atoms with E-state index in [9.17, 15) is 4.79 Å². The number of carbonyl (C=O) groups excluding carboxylic acids is 1. The number of benzene rings is 2. The number of carbonyl (C=O) groups is 1. The molecule has 0 atom stereocenters. The first kappa shape index (κ1) is 14.6. The van der Waals surface area contributed by atoms with Crippen LogP contribution in [0, 0.1) is 13.8 Å². The highest BCUT2D eigenvalue weighted by atomic mass is 79.9. The minimum Gasteiger partial charge on any atom is -0.457 e. The van der Waals surface area contributed by atoms with Crippen LogP contribution in [-0.2, 0) is 4.79 Å². The number of nitrogens with one attached hydrogen (secondary N) is 1. The number of halogens is 1. The van der Waals surface area contributed by atoms with E-state index in [1.165, 1.54) is 0 Å². The van der Waals surface area contributed by atoms with Gasteiger partial charge in [-0.05, 0) is 55.3 Å². The molecule has 0 saturated heterocycles. The molecule has 0 bridgehead atoms. The molecule has 0 saturated carbocycles. The predicted molar refractivity (Wildman–Crippen MR) is 84.9 cm³/mol. The van der Waals surface area contributed by atoms with Crippen LogP contribution in [0.15, 0.2) is 42.5 Å². The number of aryl methyl sites for hydroxylation is 2. The van der Waals surface area contributed by atoms with E-state index in [-0.39, 0.29) is 11.2 Å². The SMILES string of the molecule is Cc1ccc(C)c(Oc2ccc(NC(=O)CBr)cc2)c1. The Labute approximate surface area is 127 Å². The Morgan fingerprint density at radius 2 is 1.85 bits per heavy atom. The molecule has 104 valence electrons. The van der Waals surface area contributed by atoms with Crippen molar-refractivity contribution in [3.63, 3.8) is 0 Å². The third-order valence-electron chi connectivity index (χ3n) is 2.83. The first-order valence-corrected chi connectivity index (χ1v) is 7.41. The van der Waals surface area contributed by atoms with Gasteiger partial charge in [-0.25, -0.2) is 0 Å². The van der Waals surface area contributed by atoms with Gasteiger partial charge in [0.15, 0.2) is 0 Å². The lowest BCUT2D eigenvalue weighted by molar-refractivity contribution is -0.113. The molecular weight excluding hydrogens is 318 g/mol. The Kier molecular flexibility index (Phi) is 4.79. The van der Waals surface area contributed by atoms with E-state index in [1.54, 1.807) is 0 Å². The van der Waals surface area contributed by atoms with E-state index >= 15 is 0 Å². The van der Waals surface area contributed by atoms with Gasteiger partial charge in [-0.2, -0.15) is 0 Å². The van der Waals surface area contributed by atoms with Gasteiger partial charge < -0.3 is 10.1 Å². The monoisotopic (exact) mass is 333 g/mol. The topological polar surface area (TPSA) is 38.3 Å². The summed E-state index contributed by atoms with van der Waals surface area (Å²) in [5.74, 6) is 1.52. The summed E-state index contributed by atoms with van der Waals surface area (Å²) in [7, 11) is 0. The minimum absolute atomic E-state index is 0.0757. The third-order valence-corrected chi connectivity index (χ3v) is 3.34. The Bertz CT molecular complexity index is 608. The summed E-state index contributed by atoms with van der Waals surface area (Å²) in [5, 5.41) is 3.05. The fraction of sp³-hybridized carbons (Fsp3) is 0.188. The fourth-order valence-electron chi connectivity index (χ4n) is 1.74. The van der Waals surface area contributed by atoms with Crippen molar-refractivity contribution in [3.05, 3.63) is 53.6 Å². The molecule has 3 nitrogen and oxygen atoms in total. The summed E-state index contributed by atoms with van der Waals surface area (Å²) in [6.45, 7) is 4.05. The lowest BCUT2D eigenvalue weighted by Gasteiger charge is -2.10. The van der Waals surface area contributed by atoms with E-state index < -0.39 is 0 Å². The third kappa shape index (κ3) is 3.84. The van der Waals surface area contributed by atoms with Crippen molar-refractivity contribution in [2.24, 2.45) is 0 Å². The fourth-order valence-corrected chi connectivity index (χ4v) is 1.89. The number of rotatable bonds is 4. The lowest BCUT2D eigenvalue weighted by atomic mass is 10.1. The van der Waals surface area contributed by atoms with E-state index in [0.717, 1.165) is 28.3 Å². The first-order chi connectivity index (χ1) is 9.58. The maximum absolute atomic E-state index is 11.3. The van der Waals surface area contributed by atoms with Crippen molar-refractivity contribution >= 4 is 27.5 Å². The van der Waals surface area contributed by atoms with E-state index in [1.807, 2.05) is 50.2 Å². The second kappa shape index (κ2) is 6.57. The number of anilines is 1. The van der Waals surface area contributed by atoms with Crippen LogP contribution in [0.5, 0.6) is 11.5 Å². The van der Waals surface area contributed by atoms with Crippen LogP contribution in [0.25, 0.3) is 0 Å². The maximum Gasteiger partial charge on any atom is 0.235 e. The number of hydrogen-bond acceptors (Lipinski definition) is 2. The number of alkyl halides is 1. The lowest BCUT2D eigenvalue weighted by Crippen LogP contribution is -2.11. The summed E-state index contributed by atoms with van der Waals surface area (Å²) in [6, 6.07) is 13.4. The second-order valence-corrected chi connectivity index (χ2v) is 5.14. The average molecular weight is 334 g/mol. The molecule has 0 fully saturated rings. The van der Waals surface area contributed by atoms with Crippen LogP contribution < -0.4 is 10.1 Å². The van der Waals surface area contributed by atoms with Crippen LogP contribution >= 0.6 is 15.9 Å². The Hall–Kier alpha value is -1.81. The van der Waals surface area contributed by atoms with Gasteiger partial charge in [-0.1, -0.05) is 28.1 Å². The molecule has 0 aliphatic carbocycles. The van der Waals surface area contributed by atoms with Crippen molar-refractivity contribution in [1.82, 2.24) is 0 Å². The van der Waals surface area contributed by atoms with Gasteiger partial charge in [0, 0.05) is 5.69 Å². The molecule has 0 aliphatic rings. The van der Waals surface area contributed by atoms with Gasteiger partial charge in [0.25, 0.3) is 0 Å². The molecule has 1 N–H and O–H groups in total. The Morgan fingerprint density at radius 1 is 1.15 bits per heavy atom. The number of amides is 1. The molecule has 0 unspecified atom stereocenters. The average Bonchev–Trinajstić information content (AvgIpc) is 2.45. The Morgan fingerprint density at radius 3 is 2.50 bits per heavy atom. The molecule has 4 heteroatoms. The molecule has 0 heterocycles. The summed E-state index contributed by atoms with van der Waals surface area (Å²) < 4.78 is 5.85. The standard InChI is InChI=1S/C16H16BrNO2/c1-11-3-4-12(2)15(9-11)20-14-7-5-13(6-8-14)18-16(19)10-17/h3-9H,10H2,1-2H3,(H,18,19). The first-order valence-electron chi connectivity index (χ1n) is 6.29. The molecule has 0 aliphatic heterocycles. The number of ether oxygens (including phenoxy) is 1. The normalized spacial score (nSPS) is 10.2. The molecule has 0 aromatic heterocycles. The highest BCUT2D eigenvalue weighted by Gasteiger charge is 2.03. The van der Waals surface area contributed by atoms with Crippen molar-refractivity contribution in [3.8, 4) is 11.5 Å². The summed E-state index contributed by atoms with van der Waals surface area (Å²) >= 11 is 3.11. The largest absolute Gasteiger partial charge is 0.457 e. The van der Waals surface area contributed by atoms with Gasteiger partial charge in [0.2, 0.25) is 5.91 Å². The van der Waals surface area contributed by atoms with Crippen LogP contribution in [0.4, 0.5) is 5.69 Å². The highest BCUT2D eigenvalue weighted by molar-refractivity contribution is 9.09. The molecule has 20 heavy (non-hydrogen) atoms. The highest BCUT2D eigenvalue weighted by Crippen LogP contribution is 2.26. The molecular formula is C16H16BrNO2. The molecule has 2 aromatic carbocycles. The van der Waals surface area contributed by atoms with Crippen LogP contribution in [-0.4, -0.2) is 11.2 Å². The van der Waals surface area contributed by atoms with Crippen LogP contribution in [0.2, 0.25) is 0 Å². The van der Waals surface area contributed by atoms with Crippen molar-refractivity contribution in [2.45, 2.75) is 13.8 Å². The van der Waals surface area contributed by atoms with Crippen molar-refractivity contribution in [2.75, 3.05) is 10.6 Å². The van der Waals surface area contributed by atoms with Gasteiger partial charge >= 0.3 is 0 Å². The molecule has 0 spiro atoms. The second-order valence-electron chi connectivity index (χ2n) is 4.58. The van der Waals surface area contributed by atoms with Crippen molar-refractivity contribution in [1.29, 1.82) is 0 Å². The number of hydrogen-bond donors (Lipinski definition) is 1. The minimum atomic E-state index is -0.0757.